The Morgan fingerprint density at radius 3 is 2.27 bits per heavy atom. The standard InChI is InChI=1S/C30H31ClN2O6S/c1-19(2)33-21(4)28(30(35)38-5)27(29(33)34)16-24-12-13-25(39-24)18-32(17-22-8-10-23(31)11-9-22)40(36,37)26-14-6-20(3)7-15-26/h6-16,19H,17-18H2,1-5H3/b27-16+. The minimum Gasteiger partial charge on any atom is -0.465 e. The summed E-state index contributed by atoms with van der Waals surface area (Å²) in [6, 6.07) is 16.7. The number of furan rings is 1. The summed E-state index contributed by atoms with van der Waals surface area (Å²) in [5.74, 6) is -0.289. The number of nitrogens with zero attached hydrogens (tertiary/aromatic N) is 2. The van der Waals surface area contributed by atoms with Crippen molar-refractivity contribution in [1.82, 2.24) is 9.21 Å². The molecular formula is C30H31ClN2O6S. The summed E-state index contributed by atoms with van der Waals surface area (Å²) >= 11 is 6.02. The highest BCUT2D eigenvalue weighted by Crippen LogP contribution is 2.33. The number of allylic oxidation sites excluding steroid dienone is 1. The topological polar surface area (TPSA) is 97.1 Å². The summed E-state index contributed by atoms with van der Waals surface area (Å²) in [5, 5.41) is 0.550. The van der Waals surface area contributed by atoms with Crippen LogP contribution in [0.4, 0.5) is 0 Å². The fraction of sp³-hybridized carbons (Fsp3) is 0.267. The molecule has 210 valence electrons. The van der Waals surface area contributed by atoms with Crippen molar-refractivity contribution in [3.05, 3.63) is 105 Å². The van der Waals surface area contributed by atoms with Crippen molar-refractivity contribution in [3.8, 4) is 0 Å². The van der Waals surface area contributed by atoms with Gasteiger partial charge in [-0.2, -0.15) is 4.31 Å². The predicted octanol–water partition coefficient (Wildman–Crippen LogP) is 5.71. The van der Waals surface area contributed by atoms with E-state index in [1.807, 2.05) is 20.8 Å². The lowest BCUT2D eigenvalue weighted by molar-refractivity contribution is -0.136. The number of halogens is 1. The summed E-state index contributed by atoms with van der Waals surface area (Å²) in [6.07, 6.45) is 1.49. The van der Waals surface area contributed by atoms with Crippen molar-refractivity contribution in [2.75, 3.05) is 7.11 Å². The van der Waals surface area contributed by atoms with Gasteiger partial charge in [0.1, 0.15) is 11.5 Å². The van der Waals surface area contributed by atoms with Crippen molar-refractivity contribution in [2.24, 2.45) is 0 Å². The van der Waals surface area contributed by atoms with Crippen molar-refractivity contribution in [1.29, 1.82) is 0 Å². The normalized spacial score (nSPS) is 15.2. The molecule has 1 aliphatic heterocycles. The number of esters is 1. The van der Waals surface area contributed by atoms with Gasteiger partial charge >= 0.3 is 5.97 Å². The molecule has 1 amide bonds. The Morgan fingerprint density at radius 1 is 1.02 bits per heavy atom. The number of benzene rings is 2. The average Bonchev–Trinajstić information content (AvgIpc) is 3.45. The molecule has 2 aromatic carbocycles. The Balaban J connectivity index is 1.68. The van der Waals surface area contributed by atoms with Crippen LogP contribution >= 0.6 is 11.6 Å². The van der Waals surface area contributed by atoms with Gasteiger partial charge in [-0.05, 0) is 75.7 Å². The van der Waals surface area contributed by atoms with Crippen molar-refractivity contribution in [2.45, 2.75) is 51.7 Å². The van der Waals surface area contributed by atoms with Gasteiger partial charge in [0.2, 0.25) is 10.0 Å². The van der Waals surface area contributed by atoms with Crippen LogP contribution in [0.1, 0.15) is 43.4 Å². The number of carbonyl (C=O) groups is 2. The molecule has 0 N–H and O–H groups in total. The molecule has 4 rings (SSSR count). The van der Waals surface area contributed by atoms with Crippen LogP contribution in [0.5, 0.6) is 0 Å². The second kappa shape index (κ2) is 11.8. The van der Waals surface area contributed by atoms with E-state index < -0.39 is 16.0 Å². The lowest BCUT2D eigenvalue weighted by atomic mass is 10.1. The highest BCUT2D eigenvalue weighted by Gasteiger charge is 2.38. The molecule has 0 atom stereocenters. The summed E-state index contributed by atoms with van der Waals surface area (Å²) in [5.41, 5.74) is 2.53. The summed E-state index contributed by atoms with van der Waals surface area (Å²) in [4.78, 5) is 27.4. The molecule has 8 nitrogen and oxygen atoms in total. The zero-order valence-electron chi connectivity index (χ0n) is 23.0. The van der Waals surface area contributed by atoms with Crippen molar-refractivity contribution < 1.29 is 27.2 Å². The minimum atomic E-state index is -3.90. The largest absolute Gasteiger partial charge is 0.465 e. The van der Waals surface area contributed by atoms with Gasteiger partial charge < -0.3 is 14.1 Å². The van der Waals surface area contributed by atoms with Crippen LogP contribution in [0.25, 0.3) is 6.08 Å². The maximum atomic E-state index is 13.7. The van der Waals surface area contributed by atoms with Gasteiger partial charge in [0, 0.05) is 23.3 Å². The average molecular weight is 583 g/mol. The number of hydrogen-bond donors (Lipinski definition) is 0. The molecule has 0 saturated heterocycles. The lowest BCUT2D eigenvalue weighted by Gasteiger charge is -2.22. The molecule has 0 saturated carbocycles. The van der Waals surface area contributed by atoms with Crippen molar-refractivity contribution >= 4 is 39.6 Å². The second-order valence-electron chi connectivity index (χ2n) is 9.80. The van der Waals surface area contributed by atoms with E-state index in [2.05, 4.69) is 0 Å². The summed E-state index contributed by atoms with van der Waals surface area (Å²) < 4.78 is 39.6. The van der Waals surface area contributed by atoms with E-state index in [-0.39, 0.29) is 41.1 Å². The third kappa shape index (κ3) is 6.06. The SMILES string of the molecule is COC(=O)C1=C(C)N(C(C)C)C(=O)/C1=C/c1ccc(CN(Cc2ccc(Cl)cc2)S(=O)(=O)c2ccc(C)cc2)o1. The van der Waals surface area contributed by atoms with Crippen molar-refractivity contribution in [3.63, 3.8) is 0 Å². The maximum Gasteiger partial charge on any atom is 0.340 e. The van der Waals surface area contributed by atoms with E-state index in [1.165, 1.54) is 22.4 Å². The molecule has 0 radical (unpaired) electrons. The Hall–Kier alpha value is -3.66. The highest BCUT2D eigenvalue weighted by molar-refractivity contribution is 7.89. The molecule has 3 aromatic rings. The maximum absolute atomic E-state index is 13.7. The van der Waals surface area contributed by atoms with E-state index >= 15 is 0 Å². The Labute approximate surface area is 239 Å². The van der Waals surface area contributed by atoms with Gasteiger partial charge in [0.05, 0.1) is 29.7 Å². The molecule has 10 heteroatoms. The van der Waals surface area contributed by atoms with E-state index in [0.29, 0.717) is 22.2 Å². The van der Waals surface area contributed by atoms with Crippen LogP contribution < -0.4 is 0 Å². The van der Waals surface area contributed by atoms with E-state index in [1.54, 1.807) is 67.6 Å². The Bertz CT molecular complexity index is 1590. The number of hydrogen-bond acceptors (Lipinski definition) is 6. The van der Waals surface area contributed by atoms with Crippen LogP contribution in [0.3, 0.4) is 0 Å². The first kappa shape index (κ1) is 29.3. The van der Waals surface area contributed by atoms with Crippen LogP contribution in [-0.2, 0) is 37.4 Å². The fourth-order valence-corrected chi connectivity index (χ4v) is 6.09. The van der Waals surface area contributed by atoms with Gasteiger partial charge in [-0.15, -0.1) is 0 Å². The Kier molecular flexibility index (Phi) is 8.68. The molecule has 1 aromatic heterocycles. The molecule has 2 heterocycles. The lowest BCUT2D eigenvalue weighted by Crippen LogP contribution is -2.31. The van der Waals surface area contributed by atoms with Gasteiger partial charge in [-0.25, -0.2) is 13.2 Å². The number of rotatable bonds is 9. The molecule has 1 aliphatic rings. The minimum absolute atomic E-state index is 0.0627. The molecule has 40 heavy (non-hydrogen) atoms. The van der Waals surface area contributed by atoms with E-state index in [4.69, 9.17) is 20.8 Å². The van der Waals surface area contributed by atoms with E-state index in [9.17, 15) is 18.0 Å². The van der Waals surface area contributed by atoms with Gasteiger partial charge in [-0.3, -0.25) is 4.79 Å². The molecule has 0 bridgehead atoms. The first-order chi connectivity index (χ1) is 18.9. The van der Waals surface area contributed by atoms with Crippen LogP contribution in [-0.4, -0.2) is 42.7 Å². The first-order valence-electron chi connectivity index (χ1n) is 12.7. The summed E-state index contributed by atoms with van der Waals surface area (Å²) in [6.45, 7) is 7.32. The van der Waals surface area contributed by atoms with Crippen LogP contribution in [0.2, 0.25) is 5.02 Å². The highest BCUT2D eigenvalue weighted by atomic mass is 35.5. The Morgan fingerprint density at radius 2 is 1.68 bits per heavy atom. The molecule has 0 unspecified atom stereocenters. The third-order valence-corrected chi connectivity index (χ3v) is 8.64. The molecule has 0 aliphatic carbocycles. The third-order valence-electron chi connectivity index (χ3n) is 6.58. The van der Waals surface area contributed by atoms with Gasteiger partial charge in [-0.1, -0.05) is 41.4 Å². The zero-order chi connectivity index (χ0) is 29.2. The number of ether oxygens (including phenoxy) is 1. The number of sulfonamides is 1. The van der Waals surface area contributed by atoms with Crippen LogP contribution in [0.15, 0.2) is 86.8 Å². The number of aryl methyl sites for hydroxylation is 1. The zero-order valence-corrected chi connectivity index (χ0v) is 24.5. The first-order valence-corrected chi connectivity index (χ1v) is 14.5. The van der Waals surface area contributed by atoms with Crippen LogP contribution in [0, 0.1) is 6.92 Å². The number of amides is 1. The molecular weight excluding hydrogens is 552 g/mol. The number of methoxy groups -OCH3 is 1. The van der Waals surface area contributed by atoms with E-state index in [0.717, 1.165) is 11.1 Å². The fourth-order valence-electron chi connectivity index (χ4n) is 4.57. The molecule has 0 fully saturated rings. The summed E-state index contributed by atoms with van der Waals surface area (Å²) in [7, 11) is -2.64. The smallest absolute Gasteiger partial charge is 0.340 e. The quantitative estimate of drug-likeness (QED) is 0.237. The predicted molar refractivity (Wildman–Crippen MR) is 152 cm³/mol. The van der Waals surface area contributed by atoms with Gasteiger partial charge in [0.15, 0.2) is 0 Å². The number of carbonyl (C=O) groups excluding carboxylic acids is 2. The van der Waals surface area contributed by atoms with Gasteiger partial charge in [0.25, 0.3) is 5.91 Å². The monoisotopic (exact) mass is 582 g/mol. The second-order valence-corrected chi connectivity index (χ2v) is 12.2. The molecule has 0 spiro atoms.